The maximum atomic E-state index is 14.0. The molecule has 1 atom stereocenters. The summed E-state index contributed by atoms with van der Waals surface area (Å²) in [6, 6.07) is 0.241. The van der Waals surface area contributed by atoms with Crippen LogP contribution in [0.2, 0.25) is 0 Å². The Morgan fingerprint density at radius 1 is 1.29 bits per heavy atom. The normalized spacial score (nSPS) is 17.8. The van der Waals surface area contributed by atoms with Crippen LogP contribution < -0.4 is 0 Å². The van der Waals surface area contributed by atoms with E-state index >= 15 is 0 Å². The van der Waals surface area contributed by atoms with E-state index < -0.39 is 57.8 Å². The first-order valence-electron chi connectivity index (χ1n) is 8.79. The highest BCUT2D eigenvalue weighted by molar-refractivity contribution is 6.15. The quantitative estimate of drug-likeness (QED) is 0.138. The summed E-state index contributed by atoms with van der Waals surface area (Å²) >= 11 is 0. The number of aliphatic hydroxyl groups is 2. The van der Waals surface area contributed by atoms with Crippen molar-refractivity contribution in [1.29, 1.82) is 0 Å². The van der Waals surface area contributed by atoms with Crippen molar-refractivity contribution >= 4 is 17.9 Å². The average molecular weight is 403 g/mol. The first-order chi connectivity index (χ1) is 13.1. The van der Waals surface area contributed by atoms with Crippen LogP contribution in [0.25, 0.3) is 5.76 Å². The van der Waals surface area contributed by atoms with E-state index in [1.54, 1.807) is 6.92 Å². The number of halogens is 4. The van der Waals surface area contributed by atoms with Gasteiger partial charge in [-0.15, -0.1) is 0 Å². The molecule has 5 nitrogen and oxygen atoms in total. The number of rotatable bonds is 7. The maximum Gasteiger partial charge on any atom is 0.343 e. The van der Waals surface area contributed by atoms with E-state index in [-0.39, 0.29) is 12.7 Å². The highest BCUT2D eigenvalue weighted by atomic mass is 19.2. The molecular weight excluding hydrogens is 382 g/mol. The second-order valence-electron chi connectivity index (χ2n) is 6.72. The van der Waals surface area contributed by atoms with Crippen molar-refractivity contribution < 1.29 is 37.3 Å². The third-order valence-electron chi connectivity index (χ3n) is 4.54. The molecule has 1 fully saturated rings. The zero-order valence-corrected chi connectivity index (χ0v) is 15.4. The number of hydrogen-bond donors (Lipinski definition) is 2. The minimum Gasteiger partial charge on any atom is -0.506 e. The van der Waals surface area contributed by atoms with Crippen LogP contribution in [-0.2, 0) is 9.53 Å². The molecule has 2 rings (SSSR count). The first-order valence-corrected chi connectivity index (χ1v) is 8.79. The molecule has 0 spiro atoms. The van der Waals surface area contributed by atoms with Gasteiger partial charge in [0.2, 0.25) is 0 Å². The summed E-state index contributed by atoms with van der Waals surface area (Å²) in [6.07, 6.45) is 2.66. The standard InChI is InChI=1S/C19H21F4NO4/c1-3-28-18(27)12(9-24-19(5-4-6-19)8-10(2)25)17(26)11-7-13(20)15(22)16(23)14(11)21/h7,9-10,25-26H,3-6,8H2,1-2H3. The van der Waals surface area contributed by atoms with Crippen molar-refractivity contribution in [2.75, 3.05) is 6.61 Å². The highest BCUT2D eigenvalue weighted by Gasteiger charge is 2.37. The molecule has 0 bridgehead atoms. The van der Waals surface area contributed by atoms with Crippen LogP contribution in [0.5, 0.6) is 0 Å². The highest BCUT2D eigenvalue weighted by Crippen LogP contribution is 2.39. The summed E-state index contributed by atoms with van der Waals surface area (Å²) < 4.78 is 59.0. The summed E-state index contributed by atoms with van der Waals surface area (Å²) in [6.45, 7) is 2.98. The van der Waals surface area contributed by atoms with Crippen LogP contribution in [0.3, 0.4) is 0 Å². The molecule has 0 aliphatic heterocycles. The molecule has 1 aliphatic rings. The monoisotopic (exact) mass is 403 g/mol. The molecular formula is C19H21F4NO4. The van der Waals surface area contributed by atoms with E-state index in [1.165, 1.54) is 6.92 Å². The molecule has 1 unspecified atom stereocenters. The van der Waals surface area contributed by atoms with Gasteiger partial charge in [0.25, 0.3) is 0 Å². The number of esters is 1. The van der Waals surface area contributed by atoms with Gasteiger partial charge in [-0.2, -0.15) is 0 Å². The van der Waals surface area contributed by atoms with Crippen molar-refractivity contribution in [2.45, 2.75) is 51.2 Å². The second-order valence-corrected chi connectivity index (χ2v) is 6.72. The molecule has 0 heterocycles. The molecule has 28 heavy (non-hydrogen) atoms. The number of carbonyl (C=O) groups excluding carboxylic acids is 1. The Morgan fingerprint density at radius 2 is 1.93 bits per heavy atom. The van der Waals surface area contributed by atoms with E-state index in [1.807, 2.05) is 0 Å². The number of hydrogen-bond acceptors (Lipinski definition) is 5. The minimum atomic E-state index is -2.12. The van der Waals surface area contributed by atoms with Crippen LogP contribution in [0.4, 0.5) is 17.6 Å². The summed E-state index contributed by atoms with van der Waals surface area (Å²) in [5.41, 5.74) is -2.34. The Hall–Kier alpha value is -2.42. The van der Waals surface area contributed by atoms with Crippen LogP contribution >= 0.6 is 0 Å². The van der Waals surface area contributed by atoms with Gasteiger partial charge in [0.05, 0.1) is 23.8 Å². The van der Waals surface area contributed by atoms with Crippen molar-refractivity contribution in [3.8, 4) is 0 Å². The van der Waals surface area contributed by atoms with Crippen LogP contribution in [-0.4, -0.2) is 40.6 Å². The lowest BCUT2D eigenvalue weighted by Gasteiger charge is -2.39. The lowest BCUT2D eigenvalue weighted by atomic mass is 9.74. The van der Waals surface area contributed by atoms with Crippen LogP contribution in [0.1, 0.15) is 45.1 Å². The van der Waals surface area contributed by atoms with Crippen molar-refractivity contribution in [3.63, 3.8) is 0 Å². The fraction of sp³-hybridized carbons (Fsp3) is 0.474. The van der Waals surface area contributed by atoms with E-state index in [0.29, 0.717) is 19.3 Å². The largest absolute Gasteiger partial charge is 0.506 e. The zero-order chi connectivity index (χ0) is 21.1. The molecule has 1 aromatic rings. The van der Waals surface area contributed by atoms with E-state index in [9.17, 15) is 32.6 Å². The third kappa shape index (κ3) is 4.52. The molecule has 154 valence electrons. The fourth-order valence-electron chi connectivity index (χ4n) is 3.03. The number of nitrogens with zero attached hydrogens (tertiary/aromatic N) is 1. The van der Waals surface area contributed by atoms with Crippen molar-refractivity contribution in [2.24, 2.45) is 4.99 Å². The van der Waals surface area contributed by atoms with Gasteiger partial charge in [0.1, 0.15) is 11.3 Å². The molecule has 1 saturated carbocycles. The molecule has 0 aromatic heterocycles. The van der Waals surface area contributed by atoms with Gasteiger partial charge in [-0.05, 0) is 45.6 Å². The van der Waals surface area contributed by atoms with Crippen LogP contribution in [0, 0.1) is 23.3 Å². The van der Waals surface area contributed by atoms with E-state index in [0.717, 1.165) is 12.6 Å². The number of ether oxygens (including phenoxy) is 1. The fourth-order valence-corrected chi connectivity index (χ4v) is 3.03. The Kier molecular flexibility index (Phi) is 6.82. The maximum absolute atomic E-state index is 14.0. The number of benzene rings is 1. The molecule has 9 heteroatoms. The molecule has 2 N–H and O–H groups in total. The van der Waals surface area contributed by atoms with Gasteiger partial charge in [-0.25, -0.2) is 22.4 Å². The molecule has 0 saturated heterocycles. The van der Waals surface area contributed by atoms with Crippen LogP contribution in [0.15, 0.2) is 16.6 Å². The number of aliphatic hydroxyl groups excluding tert-OH is 2. The van der Waals surface area contributed by atoms with Gasteiger partial charge in [0, 0.05) is 6.21 Å². The van der Waals surface area contributed by atoms with Gasteiger partial charge >= 0.3 is 5.97 Å². The Labute approximate surface area is 159 Å². The van der Waals surface area contributed by atoms with Gasteiger partial charge in [-0.3, -0.25) is 4.99 Å². The Balaban J connectivity index is 2.54. The lowest BCUT2D eigenvalue weighted by Crippen LogP contribution is -2.38. The molecule has 1 aromatic carbocycles. The van der Waals surface area contributed by atoms with Gasteiger partial charge < -0.3 is 14.9 Å². The van der Waals surface area contributed by atoms with Gasteiger partial charge in [0.15, 0.2) is 23.3 Å². The third-order valence-corrected chi connectivity index (χ3v) is 4.54. The molecule has 1 aliphatic carbocycles. The second kappa shape index (κ2) is 8.72. The SMILES string of the molecule is CCOC(=O)C(C=NC1(CC(C)O)CCC1)=C(O)c1cc(F)c(F)c(F)c1F. The smallest absolute Gasteiger partial charge is 0.343 e. The number of carbonyl (C=O) groups is 1. The minimum absolute atomic E-state index is 0.0864. The lowest BCUT2D eigenvalue weighted by molar-refractivity contribution is -0.137. The molecule has 0 amide bonds. The van der Waals surface area contributed by atoms with E-state index in [4.69, 9.17) is 4.74 Å². The van der Waals surface area contributed by atoms with E-state index in [2.05, 4.69) is 4.99 Å². The summed E-state index contributed by atoms with van der Waals surface area (Å²) in [4.78, 5) is 16.4. The first kappa shape index (κ1) is 21.9. The predicted molar refractivity (Wildman–Crippen MR) is 93.8 cm³/mol. The zero-order valence-electron chi connectivity index (χ0n) is 15.4. The molecule has 0 radical (unpaired) electrons. The average Bonchev–Trinajstić information content (AvgIpc) is 2.60. The van der Waals surface area contributed by atoms with Gasteiger partial charge in [-0.1, -0.05) is 0 Å². The Bertz CT molecular complexity index is 817. The predicted octanol–water partition coefficient (Wildman–Crippen LogP) is 3.84. The summed E-state index contributed by atoms with van der Waals surface area (Å²) in [5, 5.41) is 19.9. The summed E-state index contributed by atoms with van der Waals surface area (Å²) in [7, 11) is 0. The number of aliphatic imine (C=N–C) groups is 1. The van der Waals surface area contributed by atoms with Crippen molar-refractivity contribution in [3.05, 3.63) is 40.5 Å². The summed E-state index contributed by atoms with van der Waals surface area (Å²) in [5.74, 6) is -9.97. The van der Waals surface area contributed by atoms with Crippen molar-refractivity contribution in [1.82, 2.24) is 0 Å². The topological polar surface area (TPSA) is 79.1 Å². The Morgan fingerprint density at radius 3 is 2.43 bits per heavy atom.